The first kappa shape index (κ1) is 23.3. The molecule has 0 aromatic heterocycles. The summed E-state index contributed by atoms with van der Waals surface area (Å²) in [4.78, 5) is 10.2. The van der Waals surface area contributed by atoms with Crippen molar-refractivity contribution in [2.75, 3.05) is 0 Å². The van der Waals surface area contributed by atoms with Crippen molar-refractivity contribution in [2.24, 2.45) is 0 Å². The molecule has 0 aliphatic carbocycles. The van der Waals surface area contributed by atoms with E-state index in [0.717, 1.165) is 0 Å². The van der Waals surface area contributed by atoms with Crippen molar-refractivity contribution in [3.05, 3.63) is 12.1 Å². The quantitative estimate of drug-likeness (QED) is 0.434. The Labute approximate surface area is 128 Å². The Kier molecular flexibility index (Phi) is 6.07. The van der Waals surface area contributed by atoms with Gasteiger partial charge in [0, 0.05) is 6.92 Å². The zero-order chi connectivity index (χ0) is 20.6. The molecule has 0 spiro atoms. The van der Waals surface area contributed by atoms with Crippen LogP contribution in [0.2, 0.25) is 0 Å². The lowest BCUT2D eigenvalue weighted by Gasteiger charge is -2.34. The molecule has 0 fully saturated rings. The molecule has 0 N–H and O–H groups in total. The molecule has 25 heavy (non-hydrogen) atoms. The van der Waals surface area contributed by atoms with Crippen LogP contribution in [0.15, 0.2) is 12.1 Å². The van der Waals surface area contributed by atoms with Gasteiger partial charge in [0.25, 0.3) is 0 Å². The number of ether oxygens (including phenoxy) is 2. The van der Waals surface area contributed by atoms with Gasteiger partial charge >= 0.3 is 42.3 Å². The fourth-order valence-electron chi connectivity index (χ4n) is 0.879. The number of alkyl halides is 10. The molecule has 0 saturated carbocycles. The van der Waals surface area contributed by atoms with Gasteiger partial charge in [0.2, 0.25) is 5.78 Å². The Morgan fingerprint density at radius 2 is 1.12 bits per heavy atom. The van der Waals surface area contributed by atoms with Crippen LogP contribution in [0.4, 0.5) is 57.1 Å². The van der Waals surface area contributed by atoms with Crippen LogP contribution in [0.25, 0.3) is 0 Å². The summed E-state index contributed by atoms with van der Waals surface area (Å²) in [6.45, 7) is -0.310. The van der Waals surface area contributed by atoms with Gasteiger partial charge in [-0.3, -0.25) is 4.79 Å². The fraction of sp³-hybridized carbons (Fsp3) is 0.667. The summed E-state index contributed by atoms with van der Waals surface area (Å²) in [6.07, 6.45) is -24.8. The lowest BCUT2D eigenvalue weighted by Crippen LogP contribution is -2.61. The number of rotatable bonds is 8. The van der Waals surface area contributed by atoms with Crippen LogP contribution in [0.5, 0.6) is 0 Å². The third-order valence-electron chi connectivity index (χ3n) is 2.16. The second-order valence-electron chi connectivity index (χ2n) is 3.99. The molecule has 0 aromatic rings. The van der Waals surface area contributed by atoms with Crippen LogP contribution < -0.4 is 0 Å². The topological polar surface area (TPSA) is 35.5 Å². The molecule has 0 aromatic carbocycles. The standard InChI is InChI=1S/C9H3F13O3/c1-2(23)5(13,14)7(17,18)25-9(21,22)6(15,16)8(19,20)24-4(12)3(10)11/h1H3. The molecule has 0 radical (unpaired) electrons. The summed E-state index contributed by atoms with van der Waals surface area (Å²) in [5.41, 5.74) is 0. The maximum absolute atomic E-state index is 12.9. The average Bonchev–Trinajstić information content (AvgIpc) is 2.35. The highest BCUT2D eigenvalue weighted by molar-refractivity contribution is 5.84. The maximum atomic E-state index is 12.9. The van der Waals surface area contributed by atoms with Crippen LogP contribution in [-0.2, 0) is 14.3 Å². The van der Waals surface area contributed by atoms with Crippen molar-refractivity contribution in [2.45, 2.75) is 37.1 Å². The van der Waals surface area contributed by atoms with E-state index in [1.54, 1.807) is 4.74 Å². The molecule has 0 rings (SSSR count). The van der Waals surface area contributed by atoms with E-state index < -0.39 is 48.0 Å². The number of ketones is 1. The first-order valence-electron chi connectivity index (χ1n) is 5.23. The van der Waals surface area contributed by atoms with Gasteiger partial charge in [-0.1, -0.05) is 0 Å². The van der Waals surface area contributed by atoms with E-state index in [1.807, 2.05) is 4.74 Å². The van der Waals surface area contributed by atoms with Gasteiger partial charge in [-0.2, -0.15) is 57.1 Å². The molecular weight excluding hydrogens is 403 g/mol. The van der Waals surface area contributed by atoms with Gasteiger partial charge in [0.05, 0.1) is 0 Å². The third-order valence-corrected chi connectivity index (χ3v) is 2.16. The Morgan fingerprint density at radius 3 is 1.44 bits per heavy atom. The van der Waals surface area contributed by atoms with Crippen molar-refractivity contribution < 1.29 is 71.3 Å². The molecule has 16 heteroatoms. The first-order chi connectivity index (χ1) is 10.7. The van der Waals surface area contributed by atoms with E-state index in [-0.39, 0.29) is 6.92 Å². The normalized spacial score (nSPS) is 14.3. The molecule has 148 valence electrons. The lowest BCUT2D eigenvalue weighted by molar-refractivity contribution is -0.500. The molecule has 0 aliphatic rings. The van der Waals surface area contributed by atoms with Gasteiger partial charge < -0.3 is 4.74 Å². The molecule has 0 heterocycles. The second kappa shape index (κ2) is 6.53. The van der Waals surface area contributed by atoms with E-state index in [1.165, 1.54) is 0 Å². The Hall–Kier alpha value is -1.74. The van der Waals surface area contributed by atoms with Crippen molar-refractivity contribution >= 4 is 5.78 Å². The molecule has 0 bridgehead atoms. The Bertz CT molecular complexity index is 549. The van der Waals surface area contributed by atoms with E-state index >= 15 is 0 Å². The average molecular weight is 406 g/mol. The van der Waals surface area contributed by atoms with E-state index in [2.05, 4.69) is 0 Å². The molecular formula is C9H3F13O3. The van der Waals surface area contributed by atoms with E-state index in [0.29, 0.717) is 0 Å². The zero-order valence-corrected chi connectivity index (χ0v) is 11.1. The fourth-order valence-corrected chi connectivity index (χ4v) is 0.879. The Morgan fingerprint density at radius 1 is 0.720 bits per heavy atom. The largest absolute Gasteiger partial charge is 0.475 e. The van der Waals surface area contributed by atoms with Gasteiger partial charge in [0.15, 0.2) is 0 Å². The summed E-state index contributed by atoms with van der Waals surface area (Å²) >= 11 is 0. The number of hydrogen-bond acceptors (Lipinski definition) is 3. The van der Waals surface area contributed by atoms with Gasteiger partial charge in [0.1, 0.15) is 0 Å². The van der Waals surface area contributed by atoms with Crippen molar-refractivity contribution in [1.29, 1.82) is 0 Å². The van der Waals surface area contributed by atoms with Crippen LogP contribution in [-0.4, -0.2) is 36.0 Å². The molecule has 0 amide bonds. The Balaban J connectivity index is 5.83. The monoisotopic (exact) mass is 406 g/mol. The van der Waals surface area contributed by atoms with Gasteiger partial charge in [-0.25, -0.2) is 4.74 Å². The van der Waals surface area contributed by atoms with Gasteiger partial charge in [-0.15, -0.1) is 0 Å². The van der Waals surface area contributed by atoms with Crippen LogP contribution >= 0.6 is 0 Å². The summed E-state index contributed by atoms with van der Waals surface area (Å²) in [6, 6.07) is -3.79. The second-order valence-corrected chi connectivity index (χ2v) is 3.99. The molecule has 3 nitrogen and oxygen atoms in total. The van der Waals surface area contributed by atoms with Crippen molar-refractivity contribution in [3.8, 4) is 0 Å². The minimum absolute atomic E-state index is 0.310. The SMILES string of the molecule is CC(=O)C(F)(F)C(F)(F)OC(F)(F)C(F)(F)C(F)(F)OC(F)=C(F)F. The third kappa shape index (κ3) is 4.27. The van der Waals surface area contributed by atoms with E-state index in [4.69, 9.17) is 0 Å². The zero-order valence-electron chi connectivity index (χ0n) is 11.1. The minimum Gasteiger partial charge on any atom is -0.397 e. The summed E-state index contributed by atoms with van der Waals surface area (Å²) < 4.78 is 166. The highest BCUT2D eigenvalue weighted by Crippen LogP contribution is 2.51. The minimum atomic E-state index is -7.37. The predicted molar refractivity (Wildman–Crippen MR) is 47.9 cm³/mol. The predicted octanol–water partition coefficient (Wildman–Crippen LogP) is 4.69. The maximum Gasteiger partial charge on any atom is 0.475 e. The van der Waals surface area contributed by atoms with Gasteiger partial charge in [-0.05, 0) is 0 Å². The molecule has 0 aliphatic heterocycles. The molecule has 0 unspecified atom stereocenters. The number of halogens is 13. The summed E-state index contributed by atoms with van der Waals surface area (Å²) in [5, 5.41) is 0. The first-order valence-corrected chi connectivity index (χ1v) is 5.23. The molecule has 0 atom stereocenters. The van der Waals surface area contributed by atoms with E-state index in [9.17, 15) is 61.9 Å². The summed E-state index contributed by atoms with van der Waals surface area (Å²) in [5.74, 6) is -16.4. The van der Waals surface area contributed by atoms with Crippen molar-refractivity contribution in [1.82, 2.24) is 0 Å². The number of carbonyl (C=O) groups excluding carboxylic acids is 1. The number of carbonyl (C=O) groups is 1. The van der Waals surface area contributed by atoms with Crippen molar-refractivity contribution in [3.63, 3.8) is 0 Å². The lowest BCUT2D eigenvalue weighted by atomic mass is 10.2. The number of hydrogen-bond donors (Lipinski definition) is 0. The highest BCUT2D eigenvalue weighted by atomic mass is 19.4. The molecule has 0 saturated heterocycles. The van der Waals surface area contributed by atoms with Crippen LogP contribution in [0.3, 0.4) is 0 Å². The van der Waals surface area contributed by atoms with Crippen LogP contribution in [0, 0.1) is 0 Å². The highest BCUT2D eigenvalue weighted by Gasteiger charge is 2.80. The summed E-state index contributed by atoms with van der Waals surface area (Å²) in [7, 11) is 0. The number of Topliss-reactive ketones (excluding diaryl/α,β-unsaturated/α-hetero) is 1. The van der Waals surface area contributed by atoms with Crippen LogP contribution in [0.1, 0.15) is 6.92 Å². The smallest absolute Gasteiger partial charge is 0.397 e.